The van der Waals surface area contributed by atoms with Crippen LogP contribution in [0.2, 0.25) is 0 Å². The first kappa shape index (κ1) is 19.7. The van der Waals surface area contributed by atoms with Gasteiger partial charge in [0.1, 0.15) is 11.6 Å². The lowest BCUT2D eigenvalue weighted by Crippen LogP contribution is -2.86. The minimum atomic E-state index is -0.802. The number of carbonyl (C=O) groups is 2. The highest BCUT2D eigenvalue weighted by Gasteiger charge is 2.46. The Morgan fingerprint density at radius 2 is 1.71 bits per heavy atom. The number of hydrogen-bond acceptors (Lipinski definition) is 4. The fourth-order valence-corrected chi connectivity index (χ4v) is 3.32. The van der Waals surface area contributed by atoms with E-state index in [0.29, 0.717) is 24.2 Å². The summed E-state index contributed by atoms with van der Waals surface area (Å²) in [5.74, 6) is -2.16. The maximum Gasteiger partial charge on any atom is 0.295 e. The molecule has 0 bridgehead atoms. The van der Waals surface area contributed by atoms with E-state index in [1.54, 1.807) is 30.3 Å². The summed E-state index contributed by atoms with van der Waals surface area (Å²) >= 11 is 0. The number of aliphatic hydroxyl groups is 2. The van der Waals surface area contributed by atoms with Gasteiger partial charge in [-0.25, -0.2) is 4.39 Å². The Kier molecular flexibility index (Phi) is 6.18. The third-order valence-electron chi connectivity index (χ3n) is 4.68. The van der Waals surface area contributed by atoms with Gasteiger partial charge in [0.2, 0.25) is 0 Å². The van der Waals surface area contributed by atoms with E-state index < -0.39 is 23.5 Å². The monoisotopic (exact) mass is 385 g/mol. The van der Waals surface area contributed by atoms with Gasteiger partial charge in [-0.15, -0.1) is 0 Å². The zero-order valence-electron chi connectivity index (χ0n) is 15.2. The highest BCUT2D eigenvalue weighted by atomic mass is 19.1. The molecule has 1 fully saturated rings. The molecular formula is C21H22FN2O4+. The van der Waals surface area contributed by atoms with E-state index in [0.717, 1.165) is 0 Å². The number of rotatable bonds is 7. The van der Waals surface area contributed by atoms with Crippen LogP contribution >= 0.6 is 0 Å². The highest BCUT2D eigenvalue weighted by Crippen LogP contribution is 2.39. The molecule has 28 heavy (non-hydrogen) atoms. The van der Waals surface area contributed by atoms with Gasteiger partial charge < -0.3 is 20.4 Å². The Labute approximate surface area is 161 Å². The first-order valence-corrected chi connectivity index (χ1v) is 9.06. The Morgan fingerprint density at radius 3 is 2.36 bits per heavy atom. The molecule has 0 aliphatic carbocycles. The van der Waals surface area contributed by atoms with Gasteiger partial charge in [-0.05, 0) is 17.7 Å². The van der Waals surface area contributed by atoms with E-state index in [9.17, 15) is 19.1 Å². The van der Waals surface area contributed by atoms with Gasteiger partial charge >= 0.3 is 0 Å². The van der Waals surface area contributed by atoms with Crippen LogP contribution in [0.4, 0.5) is 4.39 Å². The third-order valence-corrected chi connectivity index (χ3v) is 4.68. The second-order valence-electron chi connectivity index (χ2n) is 6.50. The van der Waals surface area contributed by atoms with Crippen molar-refractivity contribution >= 4 is 17.4 Å². The van der Waals surface area contributed by atoms with E-state index in [-0.39, 0.29) is 24.5 Å². The summed E-state index contributed by atoms with van der Waals surface area (Å²) in [7, 11) is 0. The van der Waals surface area contributed by atoms with Crippen molar-refractivity contribution in [1.29, 1.82) is 0 Å². The lowest BCUT2D eigenvalue weighted by Gasteiger charge is -2.24. The summed E-state index contributed by atoms with van der Waals surface area (Å²) in [6.45, 7) is 1.22. The number of carbonyl (C=O) groups excluding carboxylic acids is 2. The van der Waals surface area contributed by atoms with Gasteiger partial charge in [-0.1, -0.05) is 42.5 Å². The smallest absolute Gasteiger partial charge is 0.295 e. The molecule has 146 valence electrons. The molecule has 2 aromatic rings. The number of halogens is 1. The van der Waals surface area contributed by atoms with Crippen LogP contribution in [0, 0.1) is 5.82 Å². The minimum Gasteiger partial charge on any atom is -0.507 e. The first-order chi connectivity index (χ1) is 13.5. The summed E-state index contributed by atoms with van der Waals surface area (Å²) in [6, 6.07) is 13.3. The Bertz CT molecular complexity index is 881. The van der Waals surface area contributed by atoms with Crippen LogP contribution in [0.15, 0.2) is 60.2 Å². The Balaban J connectivity index is 2.04. The summed E-state index contributed by atoms with van der Waals surface area (Å²) in [5.41, 5.74) is 0.963. The molecule has 0 unspecified atom stereocenters. The normalized spacial score (nSPS) is 18.6. The Hall–Kier alpha value is -3.03. The molecule has 7 heteroatoms. The summed E-state index contributed by atoms with van der Waals surface area (Å²) < 4.78 is 13.4. The summed E-state index contributed by atoms with van der Waals surface area (Å²) in [4.78, 5) is 26.8. The average Bonchev–Trinajstić information content (AvgIpc) is 2.97. The molecule has 1 aliphatic heterocycles. The van der Waals surface area contributed by atoms with Crippen molar-refractivity contribution in [1.82, 2.24) is 4.90 Å². The van der Waals surface area contributed by atoms with Crippen LogP contribution in [0.5, 0.6) is 0 Å². The van der Waals surface area contributed by atoms with Crippen molar-refractivity contribution in [3.05, 3.63) is 77.1 Å². The number of nitrogens with two attached hydrogens (primary N) is 1. The van der Waals surface area contributed by atoms with Crippen molar-refractivity contribution in [2.24, 2.45) is 0 Å². The molecule has 4 N–H and O–H groups in total. The zero-order chi connectivity index (χ0) is 20.1. The highest BCUT2D eigenvalue weighted by molar-refractivity contribution is 6.46. The summed E-state index contributed by atoms with van der Waals surface area (Å²) in [5, 5.41) is 21.5. The molecule has 1 heterocycles. The van der Waals surface area contributed by atoms with Crippen LogP contribution in [-0.4, -0.2) is 53.0 Å². The SMILES string of the molecule is O=C1C(=O)N(CC[NH2+]CCO)[C@H](c2ccc(F)cc2)C1=C(O)c1ccccc1. The molecule has 3 rings (SSSR count). The lowest BCUT2D eigenvalue weighted by molar-refractivity contribution is -0.655. The second-order valence-corrected chi connectivity index (χ2v) is 6.50. The van der Waals surface area contributed by atoms with Crippen molar-refractivity contribution in [3.8, 4) is 0 Å². The van der Waals surface area contributed by atoms with E-state index in [4.69, 9.17) is 5.11 Å². The number of nitrogens with zero attached hydrogens (tertiary/aromatic N) is 1. The van der Waals surface area contributed by atoms with Gasteiger partial charge in [-0.2, -0.15) is 0 Å². The molecule has 0 aromatic heterocycles. The lowest BCUT2D eigenvalue weighted by atomic mass is 9.95. The van der Waals surface area contributed by atoms with Gasteiger partial charge in [0.05, 0.1) is 37.9 Å². The largest absolute Gasteiger partial charge is 0.507 e. The number of aliphatic hydroxyl groups excluding tert-OH is 2. The van der Waals surface area contributed by atoms with Crippen molar-refractivity contribution in [2.45, 2.75) is 6.04 Å². The molecule has 6 nitrogen and oxygen atoms in total. The van der Waals surface area contributed by atoms with Crippen molar-refractivity contribution < 1.29 is 29.5 Å². The van der Waals surface area contributed by atoms with Crippen LogP contribution in [0.3, 0.4) is 0 Å². The molecular weight excluding hydrogens is 363 g/mol. The average molecular weight is 385 g/mol. The number of benzene rings is 2. The maximum atomic E-state index is 13.4. The summed E-state index contributed by atoms with van der Waals surface area (Å²) in [6.07, 6.45) is 0. The second kappa shape index (κ2) is 8.77. The van der Waals surface area contributed by atoms with Gasteiger partial charge in [0.25, 0.3) is 11.7 Å². The van der Waals surface area contributed by atoms with E-state index in [1.807, 2.05) is 5.32 Å². The molecule has 2 aromatic carbocycles. The number of hydrogen-bond donors (Lipinski definition) is 3. The number of amides is 1. The molecule has 1 aliphatic rings. The molecule has 1 atom stereocenters. The predicted molar refractivity (Wildman–Crippen MR) is 101 cm³/mol. The van der Waals surface area contributed by atoms with E-state index in [2.05, 4.69) is 0 Å². The van der Waals surface area contributed by atoms with Crippen molar-refractivity contribution in [2.75, 3.05) is 26.2 Å². The fraction of sp³-hybridized carbons (Fsp3) is 0.238. The molecule has 0 spiro atoms. The van der Waals surface area contributed by atoms with Gasteiger partial charge in [-0.3, -0.25) is 9.59 Å². The number of likely N-dealkylation sites (tertiary alicyclic amines) is 1. The zero-order valence-corrected chi connectivity index (χ0v) is 15.2. The quantitative estimate of drug-likeness (QED) is 0.284. The van der Waals surface area contributed by atoms with Crippen LogP contribution in [0.1, 0.15) is 17.2 Å². The van der Waals surface area contributed by atoms with Crippen LogP contribution in [0.25, 0.3) is 5.76 Å². The number of Topliss-reactive ketones (excluding diaryl/α,β-unsaturated/α-hetero) is 1. The fourth-order valence-electron chi connectivity index (χ4n) is 3.32. The molecule has 0 saturated carbocycles. The van der Waals surface area contributed by atoms with Gasteiger partial charge in [0.15, 0.2) is 0 Å². The van der Waals surface area contributed by atoms with E-state index >= 15 is 0 Å². The standard InChI is InChI=1S/C21H21FN2O4/c22-16-8-6-14(7-9-16)18-17(19(26)15-4-2-1-3-5-15)20(27)21(28)24(18)12-10-23-11-13-25/h1-9,18,23,25-26H,10-13H2/p+1/t18-/m1/s1. The Morgan fingerprint density at radius 1 is 1.04 bits per heavy atom. The van der Waals surface area contributed by atoms with Gasteiger partial charge in [0, 0.05) is 5.56 Å². The van der Waals surface area contributed by atoms with Crippen LogP contribution in [-0.2, 0) is 9.59 Å². The topological polar surface area (TPSA) is 94.5 Å². The van der Waals surface area contributed by atoms with Crippen molar-refractivity contribution in [3.63, 3.8) is 0 Å². The maximum absolute atomic E-state index is 13.4. The molecule has 0 radical (unpaired) electrons. The van der Waals surface area contributed by atoms with Crippen LogP contribution < -0.4 is 5.32 Å². The van der Waals surface area contributed by atoms with E-state index in [1.165, 1.54) is 29.2 Å². The minimum absolute atomic E-state index is 0.00815. The molecule has 1 saturated heterocycles. The third kappa shape index (κ3) is 3.95. The molecule has 1 amide bonds. The first-order valence-electron chi connectivity index (χ1n) is 9.06. The number of quaternary nitrogens is 1. The number of ketones is 1. The predicted octanol–water partition coefficient (Wildman–Crippen LogP) is 0.803.